The van der Waals surface area contributed by atoms with E-state index in [4.69, 9.17) is 16.3 Å². The Labute approximate surface area is 119 Å². The topological polar surface area (TPSA) is 39.9 Å². The summed E-state index contributed by atoms with van der Waals surface area (Å²) < 4.78 is 21.2. The lowest BCUT2D eigenvalue weighted by atomic mass is 10.1. The predicted octanol–water partition coefficient (Wildman–Crippen LogP) is 3.44. The second-order valence-electron chi connectivity index (χ2n) is 4.34. The van der Waals surface area contributed by atoms with Crippen molar-refractivity contribution in [1.82, 2.24) is 14.5 Å². The minimum Gasteiger partial charge on any atom is -0.493 e. The first-order valence-electron chi connectivity index (χ1n) is 5.92. The summed E-state index contributed by atoms with van der Waals surface area (Å²) in [5.41, 5.74) is 1.88. The summed E-state index contributed by atoms with van der Waals surface area (Å²) in [6.45, 7) is 0. The van der Waals surface area contributed by atoms with Gasteiger partial charge >= 0.3 is 0 Å². The maximum Gasteiger partial charge on any atom is 0.223 e. The molecule has 20 heavy (non-hydrogen) atoms. The van der Waals surface area contributed by atoms with E-state index in [1.54, 1.807) is 12.3 Å². The number of fused-ring (bicyclic) bond motifs is 1. The number of methoxy groups -OCH3 is 1. The Kier molecular flexibility index (Phi) is 3.06. The van der Waals surface area contributed by atoms with Gasteiger partial charge in [0.1, 0.15) is 11.5 Å². The summed E-state index contributed by atoms with van der Waals surface area (Å²) in [6.07, 6.45) is 3.28. The molecule has 6 heteroatoms. The van der Waals surface area contributed by atoms with Gasteiger partial charge in [0.25, 0.3) is 0 Å². The third-order valence-corrected chi connectivity index (χ3v) is 3.35. The fraction of sp³-hybridized carbons (Fsp3) is 0.143. The van der Waals surface area contributed by atoms with Crippen LogP contribution in [0.5, 0.6) is 5.75 Å². The Bertz CT molecular complexity index is 800. The Morgan fingerprint density at radius 3 is 2.90 bits per heavy atom. The highest BCUT2D eigenvalue weighted by molar-refractivity contribution is 6.28. The van der Waals surface area contributed by atoms with Gasteiger partial charge in [0.15, 0.2) is 5.75 Å². The van der Waals surface area contributed by atoms with E-state index < -0.39 is 0 Å². The van der Waals surface area contributed by atoms with Crippen LogP contribution in [-0.4, -0.2) is 21.6 Å². The third-order valence-electron chi connectivity index (χ3n) is 3.16. The van der Waals surface area contributed by atoms with Crippen LogP contribution in [0.25, 0.3) is 22.2 Å². The van der Waals surface area contributed by atoms with Gasteiger partial charge < -0.3 is 9.30 Å². The van der Waals surface area contributed by atoms with Crippen molar-refractivity contribution in [2.24, 2.45) is 7.05 Å². The molecule has 0 saturated heterocycles. The predicted molar refractivity (Wildman–Crippen MR) is 75.5 cm³/mol. The van der Waals surface area contributed by atoms with E-state index in [2.05, 4.69) is 9.97 Å². The van der Waals surface area contributed by atoms with Gasteiger partial charge in [0.2, 0.25) is 5.28 Å². The normalized spacial score (nSPS) is 11.0. The molecule has 3 aromatic rings. The van der Waals surface area contributed by atoms with E-state index >= 15 is 0 Å². The third kappa shape index (κ3) is 1.91. The van der Waals surface area contributed by atoms with Crippen molar-refractivity contribution in [1.29, 1.82) is 0 Å². The summed E-state index contributed by atoms with van der Waals surface area (Å²) in [6, 6.07) is 4.93. The van der Waals surface area contributed by atoms with Gasteiger partial charge in [-0.25, -0.2) is 14.4 Å². The Morgan fingerprint density at radius 1 is 1.35 bits per heavy atom. The molecule has 0 bridgehead atoms. The van der Waals surface area contributed by atoms with Crippen molar-refractivity contribution in [3.8, 4) is 17.0 Å². The van der Waals surface area contributed by atoms with Gasteiger partial charge in [-0.1, -0.05) is 6.07 Å². The van der Waals surface area contributed by atoms with Gasteiger partial charge in [-0.2, -0.15) is 0 Å². The number of hydrogen-bond donors (Lipinski definition) is 0. The molecule has 0 radical (unpaired) electrons. The van der Waals surface area contributed by atoms with Crippen molar-refractivity contribution in [2.75, 3.05) is 7.11 Å². The fourth-order valence-corrected chi connectivity index (χ4v) is 2.41. The zero-order chi connectivity index (χ0) is 14.3. The maximum atomic E-state index is 14.2. The molecule has 4 nitrogen and oxygen atoms in total. The number of nitrogens with zero attached hydrogens (tertiary/aromatic N) is 3. The van der Waals surface area contributed by atoms with Crippen LogP contribution in [0, 0.1) is 5.82 Å². The van der Waals surface area contributed by atoms with E-state index in [0.29, 0.717) is 22.4 Å². The molecule has 3 rings (SSSR count). The lowest BCUT2D eigenvalue weighted by molar-refractivity contribution is 0.412. The molecule has 2 heterocycles. The van der Waals surface area contributed by atoms with Crippen LogP contribution in [-0.2, 0) is 7.05 Å². The molecule has 1 aromatic carbocycles. The van der Waals surface area contributed by atoms with Gasteiger partial charge in [0, 0.05) is 24.2 Å². The summed E-state index contributed by atoms with van der Waals surface area (Å²) in [5.74, 6) is 0.139. The van der Waals surface area contributed by atoms with E-state index in [-0.39, 0.29) is 11.1 Å². The number of ether oxygens (including phenoxy) is 1. The minimum atomic E-state index is -0.310. The van der Waals surface area contributed by atoms with Gasteiger partial charge in [-0.3, -0.25) is 0 Å². The second-order valence-corrected chi connectivity index (χ2v) is 4.68. The number of halogens is 2. The molecule has 0 aliphatic rings. The van der Waals surface area contributed by atoms with E-state index in [1.807, 2.05) is 17.7 Å². The molecule has 0 unspecified atom stereocenters. The van der Waals surface area contributed by atoms with Crippen LogP contribution in [0.1, 0.15) is 0 Å². The van der Waals surface area contributed by atoms with E-state index in [0.717, 1.165) is 5.52 Å². The van der Waals surface area contributed by atoms with Crippen molar-refractivity contribution in [2.45, 2.75) is 0 Å². The van der Waals surface area contributed by atoms with Crippen LogP contribution in [0.3, 0.4) is 0 Å². The number of hydrogen-bond acceptors (Lipinski definition) is 3. The van der Waals surface area contributed by atoms with Crippen LogP contribution in [0.4, 0.5) is 4.39 Å². The Morgan fingerprint density at radius 2 is 2.15 bits per heavy atom. The summed E-state index contributed by atoms with van der Waals surface area (Å²) >= 11 is 5.84. The fourth-order valence-electron chi connectivity index (χ4n) is 2.27. The van der Waals surface area contributed by atoms with Crippen LogP contribution in [0.2, 0.25) is 5.28 Å². The van der Waals surface area contributed by atoms with Crippen molar-refractivity contribution < 1.29 is 9.13 Å². The van der Waals surface area contributed by atoms with Crippen molar-refractivity contribution >= 4 is 22.5 Å². The standard InChI is InChI=1S/C14H11ClFN3O/c1-19-7-8(12-9(16)4-3-5-10(12)19)13-11(20-2)6-17-14(15)18-13/h3-7H,1-2H3. The summed E-state index contributed by atoms with van der Waals surface area (Å²) in [4.78, 5) is 8.04. The molecule has 0 fully saturated rings. The number of aromatic nitrogens is 3. The van der Waals surface area contributed by atoms with Gasteiger partial charge in [-0.15, -0.1) is 0 Å². The smallest absolute Gasteiger partial charge is 0.223 e. The maximum absolute atomic E-state index is 14.2. The van der Waals surface area contributed by atoms with Gasteiger partial charge in [0.05, 0.1) is 18.8 Å². The lowest BCUT2D eigenvalue weighted by Gasteiger charge is -2.06. The van der Waals surface area contributed by atoms with Gasteiger partial charge in [-0.05, 0) is 23.7 Å². The average Bonchev–Trinajstić information content (AvgIpc) is 2.78. The number of benzene rings is 1. The minimum absolute atomic E-state index is 0.0918. The lowest BCUT2D eigenvalue weighted by Crippen LogP contribution is -1.94. The quantitative estimate of drug-likeness (QED) is 0.679. The Balaban J connectivity index is 2.38. The first kappa shape index (κ1) is 12.9. The van der Waals surface area contributed by atoms with Crippen molar-refractivity contribution in [3.05, 3.63) is 41.7 Å². The van der Waals surface area contributed by atoms with Crippen LogP contribution < -0.4 is 4.74 Å². The van der Waals surface area contributed by atoms with Crippen LogP contribution >= 0.6 is 11.6 Å². The first-order valence-corrected chi connectivity index (χ1v) is 6.30. The molecule has 0 atom stereocenters. The average molecular weight is 292 g/mol. The SMILES string of the molecule is COc1cnc(Cl)nc1-c1cn(C)c2cccc(F)c12. The highest BCUT2D eigenvalue weighted by Gasteiger charge is 2.18. The molecule has 0 amide bonds. The number of aryl methyl sites for hydroxylation is 1. The molecule has 0 aliphatic carbocycles. The molecular formula is C14H11ClFN3O. The molecule has 2 aromatic heterocycles. The molecule has 0 N–H and O–H groups in total. The zero-order valence-corrected chi connectivity index (χ0v) is 11.6. The number of rotatable bonds is 2. The largest absolute Gasteiger partial charge is 0.493 e. The molecule has 0 spiro atoms. The monoisotopic (exact) mass is 291 g/mol. The first-order chi connectivity index (χ1) is 9.61. The van der Waals surface area contributed by atoms with E-state index in [9.17, 15) is 4.39 Å². The zero-order valence-electron chi connectivity index (χ0n) is 10.9. The second kappa shape index (κ2) is 4.76. The molecule has 0 aliphatic heterocycles. The van der Waals surface area contributed by atoms with Crippen LogP contribution in [0.15, 0.2) is 30.6 Å². The van der Waals surface area contributed by atoms with E-state index in [1.165, 1.54) is 19.4 Å². The molecule has 102 valence electrons. The highest BCUT2D eigenvalue weighted by Crippen LogP contribution is 2.35. The molecule has 0 saturated carbocycles. The summed E-state index contributed by atoms with van der Waals surface area (Å²) in [7, 11) is 3.36. The van der Waals surface area contributed by atoms with Crippen molar-refractivity contribution in [3.63, 3.8) is 0 Å². The summed E-state index contributed by atoms with van der Waals surface area (Å²) in [5, 5.41) is 0.581. The molecular weight excluding hydrogens is 281 g/mol. The Hall–Kier alpha value is -2.14. The highest BCUT2D eigenvalue weighted by atomic mass is 35.5.